The molecule has 4 bridgehead atoms. The van der Waals surface area contributed by atoms with Gasteiger partial charge in [-0.25, -0.2) is 0 Å². The van der Waals surface area contributed by atoms with Gasteiger partial charge in [0.15, 0.2) is 17.1 Å². The van der Waals surface area contributed by atoms with Crippen LogP contribution in [0.2, 0.25) is 0 Å². The Balaban J connectivity index is 1.54. The highest BCUT2D eigenvalue weighted by molar-refractivity contribution is 8.76. The number of aliphatic hydroxyl groups is 3. The van der Waals surface area contributed by atoms with Gasteiger partial charge in [-0.1, -0.05) is 41.0 Å². The lowest BCUT2D eigenvalue weighted by atomic mass is 9.62. The Morgan fingerprint density at radius 2 is 1.76 bits per heavy atom. The molecule has 12 heteroatoms. The van der Waals surface area contributed by atoms with E-state index in [0.717, 1.165) is 52.8 Å². The van der Waals surface area contributed by atoms with Crippen LogP contribution in [0.1, 0.15) is 79.0 Å². The van der Waals surface area contributed by atoms with Crippen molar-refractivity contribution in [3.05, 3.63) is 52.6 Å². The second-order valence-corrected chi connectivity index (χ2v) is 16.3. The highest BCUT2D eigenvalue weighted by atomic mass is 33.1. The summed E-state index contributed by atoms with van der Waals surface area (Å²) in [5.74, 6) is 0.648. The molecule has 0 amide bonds. The number of phenolic OH excluding ortho intramolecular Hbond substituents is 3. The van der Waals surface area contributed by atoms with Crippen LogP contribution >= 0.6 is 21.6 Å². The molecule has 264 valence electrons. The maximum Gasteiger partial charge on any atom is 0.207 e. The van der Waals surface area contributed by atoms with Gasteiger partial charge in [0.25, 0.3) is 0 Å². The van der Waals surface area contributed by atoms with E-state index < -0.39 is 23.5 Å². The average Bonchev–Trinajstić information content (AvgIpc) is 3.09. The number of aliphatic hydroxyl groups excluding tert-OH is 3. The number of fused-ring (bicyclic) bond motifs is 5. The Labute approximate surface area is 293 Å². The third-order valence-corrected chi connectivity index (χ3v) is 14.0. The Hall–Kier alpha value is -3.16. The molecule has 49 heavy (non-hydrogen) atoms. The minimum atomic E-state index is -1.45. The minimum absolute atomic E-state index is 0.0167. The molecule has 0 saturated heterocycles. The van der Waals surface area contributed by atoms with Crippen molar-refractivity contribution < 1.29 is 49.6 Å². The highest BCUT2D eigenvalue weighted by Gasteiger charge is 2.59. The van der Waals surface area contributed by atoms with Gasteiger partial charge in [0.05, 0.1) is 27.4 Å². The van der Waals surface area contributed by atoms with Crippen molar-refractivity contribution in [2.24, 2.45) is 5.92 Å². The van der Waals surface area contributed by atoms with Gasteiger partial charge in [-0.05, 0) is 72.4 Å². The van der Waals surface area contributed by atoms with E-state index in [2.05, 4.69) is 6.92 Å². The van der Waals surface area contributed by atoms with Crippen LogP contribution in [0.3, 0.4) is 0 Å². The van der Waals surface area contributed by atoms with E-state index >= 15 is 0 Å². The van der Waals surface area contributed by atoms with Crippen LogP contribution in [0.5, 0.6) is 40.2 Å². The number of phenols is 3. The first-order valence-corrected chi connectivity index (χ1v) is 19.3. The number of hydrogen-bond donors (Lipinski definition) is 6. The van der Waals surface area contributed by atoms with E-state index in [4.69, 9.17) is 18.9 Å². The molecule has 6 N–H and O–H groups in total. The second kappa shape index (κ2) is 13.5. The molecule has 4 aliphatic rings. The first-order chi connectivity index (χ1) is 23.7. The number of rotatable bonds is 7. The quantitative estimate of drug-likeness (QED) is 0.156. The number of aromatic hydroxyl groups is 3. The van der Waals surface area contributed by atoms with Crippen LogP contribution in [-0.2, 0) is 5.60 Å². The maximum atomic E-state index is 12.7. The molecule has 1 fully saturated rings. The Kier molecular flexibility index (Phi) is 9.46. The van der Waals surface area contributed by atoms with Gasteiger partial charge in [0.2, 0.25) is 11.5 Å². The zero-order chi connectivity index (χ0) is 34.6. The predicted octanol–water partition coefficient (Wildman–Crippen LogP) is 6.13. The first kappa shape index (κ1) is 34.3. The fourth-order valence-corrected chi connectivity index (χ4v) is 11.8. The number of benzene rings is 3. The van der Waals surface area contributed by atoms with Gasteiger partial charge in [-0.3, -0.25) is 0 Å². The molecular weight excluding hydrogens is 669 g/mol. The summed E-state index contributed by atoms with van der Waals surface area (Å²) in [7, 11) is 6.32. The van der Waals surface area contributed by atoms with E-state index in [1.54, 1.807) is 29.0 Å². The molecule has 2 aliphatic heterocycles. The van der Waals surface area contributed by atoms with Crippen molar-refractivity contribution in [3.8, 4) is 51.4 Å². The van der Waals surface area contributed by atoms with Crippen molar-refractivity contribution in [1.29, 1.82) is 0 Å². The molecule has 7 atom stereocenters. The van der Waals surface area contributed by atoms with Crippen LogP contribution < -0.4 is 18.9 Å². The molecule has 7 unspecified atom stereocenters. The normalized spacial score (nSPS) is 28.7. The molecule has 0 aromatic heterocycles. The molecule has 0 radical (unpaired) electrons. The Bertz CT molecular complexity index is 1730. The first-order valence-electron chi connectivity index (χ1n) is 16.9. The largest absolute Gasteiger partial charge is 0.508 e. The topological polar surface area (TPSA) is 158 Å². The van der Waals surface area contributed by atoms with Crippen molar-refractivity contribution in [2.75, 3.05) is 39.8 Å². The van der Waals surface area contributed by atoms with E-state index in [0.29, 0.717) is 30.3 Å². The van der Waals surface area contributed by atoms with Crippen LogP contribution in [-0.4, -0.2) is 81.8 Å². The summed E-state index contributed by atoms with van der Waals surface area (Å²) in [6, 6.07) is 8.65. The Morgan fingerprint density at radius 1 is 0.939 bits per heavy atom. The van der Waals surface area contributed by atoms with Crippen molar-refractivity contribution in [1.82, 2.24) is 0 Å². The van der Waals surface area contributed by atoms with Crippen LogP contribution in [0, 0.1) is 5.92 Å². The van der Waals surface area contributed by atoms with Gasteiger partial charge < -0.3 is 49.6 Å². The molecule has 2 aliphatic carbocycles. The maximum absolute atomic E-state index is 12.7. The average molecular weight is 713 g/mol. The zero-order valence-corrected chi connectivity index (χ0v) is 29.5. The third kappa shape index (κ3) is 5.45. The van der Waals surface area contributed by atoms with E-state index in [1.807, 2.05) is 16.9 Å². The summed E-state index contributed by atoms with van der Waals surface area (Å²) >= 11 is 0. The van der Waals surface area contributed by atoms with Crippen LogP contribution in [0.25, 0.3) is 11.1 Å². The van der Waals surface area contributed by atoms with Crippen LogP contribution in [0.4, 0.5) is 0 Å². The third-order valence-electron chi connectivity index (χ3n) is 11.0. The fourth-order valence-electron chi connectivity index (χ4n) is 8.67. The summed E-state index contributed by atoms with van der Waals surface area (Å²) in [5, 5.41) is 66.8. The van der Waals surface area contributed by atoms with Gasteiger partial charge in [-0.2, -0.15) is 0 Å². The molecule has 7 rings (SSSR count). The molecule has 3 aromatic carbocycles. The molecule has 0 spiro atoms. The Morgan fingerprint density at radius 3 is 2.49 bits per heavy atom. The number of methoxy groups -OCH3 is 2. The lowest BCUT2D eigenvalue weighted by molar-refractivity contribution is -0.112. The van der Waals surface area contributed by atoms with Crippen molar-refractivity contribution in [2.45, 2.75) is 73.7 Å². The molecule has 1 saturated carbocycles. The summed E-state index contributed by atoms with van der Waals surface area (Å²) in [4.78, 5) is 0. The van der Waals surface area contributed by atoms with Crippen molar-refractivity contribution >= 4 is 21.6 Å². The van der Waals surface area contributed by atoms with Gasteiger partial charge in [-0.15, -0.1) is 0 Å². The SMILES string of the molecule is COc1cc(C23CCC4SSCCC(C)CCC5c6cc(O)ccc6-c6c(OCCO)cc(c(c6C5CO)C4C2O)O3)c(O)c(OC)c1O. The molecular formula is C37H44O10S2. The van der Waals surface area contributed by atoms with Crippen molar-refractivity contribution in [3.63, 3.8) is 0 Å². The molecule has 10 nitrogen and oxygen atoms in total. The van der Waals surface area contributed by atoms with Gasteiger partial charge >= 0.3 is 0 Å². The summed E-state index contributed by atoms with van der Waals surface area (Å²) in [5.41, 5.74) is 3.02. The number of hydrogen-bond acceptors (Lipinski definition) is 12. The fraction of sp³-hybridized carbons (Fsp3) is 0.514. The second-order valence-electron chi connectivity index (χ2n) is 13.6. The molecule has 3 aromatic rings. The lowest BCUT2D eigenvalue weighted by Gasteiger charge is -2.54. The number of ether oxygens (including phenoxy) is 4. The lowest BCUT2D eigenvalue weighted by Crippen LogP contribution is -2.57. The van der Waals surface area contributed by atoms with E-state index in [-0.39, 0.29) is 65.3 Å². The highest BCUT2D eigenvalue weighted by Crippen LogP contribution is 2.65. The standard InChI is InChI=1S/C37H44O10S2/c1-18-4-6-20-22-14-19(40)5-7-21(22)29-25(46-12-11-38)16-26-31(30(29)23(20)17-39)32-28(49-48-13-9-18)8-10-37(47-26,36(32)43)24-15-27(44-2)34(42)35(45-3)33(24)41/h5,7,14-16,18,20,23,28,32,36,38-43H,4,6,8-13,17H2,1-3H3. The smallest absolute Gasteiger partial charge is 0.207 e. The summed E-state index contributed by atoms with van der Waals surface area (Å²) in [6.07, 6.45) is 2.61. The van der Waals surface area contributed by atoms with Gasteiger partial charge in [0.1, 0.15) is 30.0 Å². The minimum Gasteiger partial charge on any atom is -0.508 e. The van der Waals surface area contributed by atoms with E-state index in [1.165, 1.54) is 20.3 Å². The summed E-state index contributed by atoms with van der Waals surface area (Å²) in [6.45, 7) is 1.88. The monoisotopic (exact) mass is 712 g/mol. The van der Waals surface area contributed by atoms with Gasteiger partial charge in [0, 0.05) is 45.6 Å². The van der Waals surface area contributed by atoms with E-state index in [9.17, 15) is 30.6 Å². The van der Waals surface area contributed by atoms with Crippen LogP contribution in [0.15, 0.2) is 30.3 Å². The molecule has 2 heterocycles. The summed E-state index contributed by atoms with van der Waals surface area (Å²) < 4.78 is 24.1. The zero-order valence-electron chi connectivity index (χ0n) is 27.8. The predicted molar refractivity (Wildman–Crippen MR) is 189 cm³/mol.